The van der Waals surface area contributed by atoms with Crippen LogP contribution >= 0.6 is 11.3 Å². The lowest BCUT2D eigenvalue weighted by Crippen LogP contribution is -2.32. The quantitative estimate of drug-likeness (QED) is 0.701. The Morgan fingerprint density at radius 3 is 2.60 bits per heavy atom. The van der Waals surface area contributed by atoms with E-state index in [0.29, 0.717) is 12.5 Å². The SMILES string of the molecule is CCCCCN(CC(C)C(=O)O)c1nc(C(C)C)cs1. The Bertz CT molecular complexity index is 418. The fourth-order valence-corrected chi connectivity index (χ4v) is 2.94. The van der Waals surface area contributed by atoms with E-state index in [4.69, 9.17) is 5.11 Å². The van der Waals surface area contributed by atoms with Crippen molar-refractivity contribution >= 4 is 22.4 Å². The van der Waals surface area contributed by atoms with Crippen LogP contribution in [0.15, 0.2) is 5.38 Å². The van der Waals surface area contributed by atoms with E-state index in [0.717, 1.165) is 30.2 Å². The zero-order valence-electron chi connectivity index (χ0n) is 12.9. The van der Waals surface area contributed by atoms with Gasteiger partial charge in [0, 0.05) is 18.5 Å². The summed E-state index contributed by atoms with van der Waals surface area (Å²) in [6.45, 7) is 9.59. The number of aromatic nitrogens is 1. The molecule has 0 amide bonds. The summed E-state index contributed by atoms with van der Waals surface area (Å²) in [5.74, 6) is -0.705. The minimum absolute atomic E-state index is 0.372. The summed E-state index contributed by atoms with van der Waals surface area (Å²) in [4.78, 5) is 17.8. The van der Waals surface area contributed by atoms with Crippen molar-refractivity contribution in [2.45, 2.75) is 52.9 Å². The number of unbranched alkanes of at least 4 members (excludes halogenated alkanes) is 2. The van der Waals surface area contributed by atoms with Crippen molar-refractivity contribution in [2.75, 3.05) is 18.0 Å². The summed E-state index contributed by atoms with van der Waals surface area (Å²) in [6, 6.07) is 0. The molecule has 1 N–H and O–H groups in total. The molecule has 0 aliphatic rings. The highest BCUT2D eigenvalue weighted by Gasteiger charge is 2.19. The Morgan fingerprint density at radius 1 is 1.40 bits per heavy atom. The number of carboxylic acids is 1. The molecular formula is C15H26N2O2S. The van der Waals surface area contributed by atoms with Crippen LogP contribution in [0.5, 0.6) is 0 Å². The Labute approximate surface area is 125 Å². The van der Waals surface area contributed by atoms with Crippen molar-refractivity contribution in [3.63, 3.8) is 0 Å². The molecule has 114 valence electrons. The normalized spacial score (nSPS) is 12.7. The van der Waals surface area contributed by atoms with Crippen LogP contribution in [-0.2, 0) is 4.79 Å². The number of thiazole rings is 1. The maximum Gasteiger partial charge on any atom is 0.308 e. The highest BCUT2D eigenvalue weighted by Crippen LogP contribution is 2.26. The standard InChI is InChI=1S/C15H26N2O2S/c1-5-6-7-8-17(9-12(4)14(18)19)15-16-13(10-20-15)11(2)3/h10-12H,5-9H2,1-4H3,(H,18,19). The smallest absolute Gasteiger partial charge is 0.308 e. The molecular weight excluding hydrogens is 272 g/mol. The van der Waals surface area contributed by atoms with Crippen molar-refractivity contribution < 1.29 is 9.90 Å². The number of rotatable bonds is 9. The van der Waals surface area contributed by atoms with Gasteiger partial charge in [0.1, 0.15) is 0 Å². The van der Waals surface area contributed by atoms with Gasteiger partial charge in [-0.15, -0.1) is 11.3 Å². The van der Waals surface area contributed by atoms with E-state index in [1.807, 2.05) is 0 Å². The first-order chi connectivity index (χ1) is 9.45. The first-order valence-electron chi connectivity index (χ1n) is 7.38. The van der Waals surface area contributed by atoms with Crippen LogP contribution in [0.4, 0.5) is 5.13 Å². The highest BCUT2D eigenvalue weighted by atomic mass is 32.1. The maximum atomic E-state index is 11.1. The van der Waals surface area contributed by atoms with Crippen LogP contribution in [0, 0.1) is 5.92 Å². The van der Waals surface area contributed by atoms with Crippen LogP contribution in [0.25, 0.3) is 0 Å². The van der Waals surface area contributed by atoms with Crippen molar-refractivity contribution in [1.82, 2.24) is 4.98 Å². The largest absolute Gasteiger partial charge is 0.481 e. The third kappa shape index (κ3) is 5.12. The van der Waals surface area contributed by atoms with Gasteiger partial charge >= 0.3 is 5.97 Å². The van der Waals surface area contributed by atoms with Gasteiger partial charge in [-0.2, -0.15) is 0 Å². The molecule has 1 heterocycles. The summed E-state index contributed by atoms with van der Waals surface area (Å²) in [5, 5.41) is 12.1. The predicted molar refractivity (Wildman–Crippen MR) is 84.7 cm³/mol. The van der Waals surface area contributed by atoms with E-state index in [-0.39, 0.29) is 5.92 Å². The van der Waals surface area contributed by atoms with E-state index < -0.39 is 5.97 Å². The average Bonchev–Trinajstić information content (AvgIpc) is 2.87. The van der Waals surface area contributed by atoms with E-state index in [1.54, 1.807) is 18.3 Å². The number of nitrogens with zero attached hydrogens (tertiary/aromatic N) is 2. The molecule has 1 atom stereocenters. The second kappa shape index (κ2) is 8.25. The lowest BCUT2D eigenvalue weighted by molar-refractivity contribution is -0.140. The summed E-state index contributed by atoms with van der Waals surface area (Å²) < 4.78 is 0. The number of hydrogen-bond donors (Lipinski definition) is 1. The van der Waals surface area contributed by atoms with Crippen LogP contribution in [0.2, 0.25) is 0 Å². The molecule has 0 aliphatic heterocycles. The number of carboxylic acid groups (broad SMARTS) is 1. The lowest BCUT2D eigenvalue weighted by atomic mass is 10.1. The Balaban J connectivity index is 2.76. The number of aliphatic carboxylic acids is 1. The molecule has 1 aromatic rings. The van der Waals surface area contributed by atoms with E-state index in [1.165, 1.54) is 6.42 Å². The minimum atomic E-state index is -0.744. The summed E-state index contributed by atoms with van der Waals surface area (Å²) >= 11 is 1.62. The number of carbonyl (C=O) groups is 1. The average molecular weight is 298 g/mol. The van der Waals surface area contributed by atoms with Gasteiger partial charge in [0.15, 0.2) is 5.13 Å². The van der Waals surface area contributed by atoms with Crippen molar-refractivity contribution in [2.24, 2.45) is 5.92 Å². The molecule has 0 saturated carbocycles. The molecule has 0 radical (unpaired) electrons. The number of hydrogen-bond acceptors (Lipinski definition) is 4. The highest BCUT2D eigenvalue weighted by molar-refractivity contribution is 7.13. The minimum Gasteiger partial charge on any atom is -0.481 e. The van der Waals surface area contributed by atoms with Crippen LogP contribution in [0.3, 0.4) is 0 Å². The van der Waals surface area contributed by atoms with Crippen LogP contribution < -0.4 is 4.90 Å². The summed E-state index contributed by atoms with van der Waals surface area (Å²) in [6.07, 6.45) is 3.41. The molecule has 0 saturated heterocycles. The zero-order chi connectivity index (χ0) is 15.1. The first-order valence-corrected chi connectivity index (χ1v) is 8.26. The van der Waals surface area contributed by atoms with Gasteiger partial charge in [-0.3, -0.25) is 4.79 Å². The molecule has 1 aromatic heterocycles. The molecule has 4 nitrogen and oxygen atoms in total. The molecule has 0 fully saturated rings. The van der Waals surface area contributed by atoms with E-state index in [2.05, 4.69) is 36.0 Å². The molecule has 1 unspecified atom stereocenters. The zero-order valence-corrected chi connectivity index (χ0v) is 13.7. The summed E-state index contributed by atoms with van der Waals surface area (Å²) in [7, 11) is 0. The van der Waals surface area contributed by atoms with Gasteiger partial charge in [0.2, 0.25) is 0 Å². The van der Waals surface area contributed by atoms with Gasteiger partial charge in [-0.1, -0.05) is 40.5 Å². The molecule has 5 heteroatoms. The Morgan fingerprint density at radius 2 is 2.10 bits per heavy atom. The molecule has 0 aromatic carbocycles. The molecule has 0 bridgehead atoms. The second-order valence-corrected chi connectivity index (χ2v) is 6.44. The van der Waals surface area contributed by atoms with Crippen LogP contribution in [-0.4, -0.2) is 29.1 Å². The Kier molecular flexibility index (Phi) is 6.99. The van der Waals surface area contributed by atoms with Gasteiger partial charge in [-0.25, -0.2) is 4.98 Å². The maximum absolute atomic E-state index is 11.1. The number of anilines is 1. The molecule has 0 spiro atoms. The Hall–Kier alpha value is -1.10. The second-order valence-electron chi connectivity index (χ2n) is 5.60. The third-order valence-electron chi connectivity index (χ3n) is 3.32. The fourth-order valence-electron chi connectivity index (χ4n) is 1.91. The third-order valence-corrected chi connectivity index (χ3v) is 4.24. The van der Waals surface area contributed by atoms with Gasteiger partial charge in [-0.05, 0) is 12.3 Å². The first kappa shape index (κ1) is 17.0. The van der Waals surface area contributed by atoms with E-state index >= 15 is 0 Å². The van der Waals surface area contributed by atoms with Crippen molar-refractivity contribution in [1.29, 1.82) is 0 Å². The molecule has 20 heavy (non-hydrogen) atoms. The van der Waals surface area contributed by atoms with Gasteiger partial charge in [0.25, 0.3) is 0 Å². The summed E-state index contributed by atoms with van der Waals surface area (Å²) in [5.41, 5.74) is 1.09. The molecule has 0 aliphatic carbocycles. The van der Waals surface area contributed by atoms with Gasteiger partial charge in [0.05, 0.1) is 11.6 Å². The van der Waals surface area contributed by atoms with Crippen molar-refractivity contribution in [3.8, 4) is 0 Å². The van der Waals surface area contributed by atoms with Crippen LogP contribution in [0.1, 0.15) is 58.6 Å². The lowest BCUT2D eigenvalue weighted by Gasteiger charge is -2.23. The molecule has 1 rings (SSSR count). The topological polar surface area (TPSA) is 53.4 Å². The van der Waals surface area contributed by atoms with Gasteiger partial charge < -0.3 is 10.0 Å². The van der Waals surface area contributed by atoms with Crippen molar-refractivity contribution in [3.05, 3.63) is 11.1 Å². The monoisotopic (exact) mass is 298 g/mol. The van der Waals surface area contributed by atoms with E-state index in [9.17, 15) is 4.79 Å². The fraction of sp³-hybridized carbons (Fsp3) is 0.733. The predicted octanol–water partition coefficient (Wildman–Crippen LogP) is 3.98.